The summed E-state index contributed by atoms with van der Waals surface area (Å²) in [7, 11) is -3.68. The molecule has 0 aliphatic rings. The molecule has 6 nitrogen and oxygen atoms in total. The van der Waals surface area contributed by atoms with Gasteiger partial charge in [-0.05, 0) is 12.1 Å². The maximum atomic E-state index is 12.1. The van der Waals surface area contributed by atoms with Crippen molar-refractivity contribution in [1.82, 2.24) is 10.2 Å². The van der Waals surface area contributed by atoms with Gasteiger partial charge in [-0.1, -0.05) is 24.0 Å². The summed E-state index contributed by atoms with van der Waals surface area (Å²) in [5.74, 6) is 5.58. The highest BCUT2D eigenvalue weighted by molar-refractivity contribution is 7.92. The van der Waals surface area contributed by atoms with Crippen LogP contribution in [0.5, 0.6) is 0 Å². The van der Waals surface area contributed by atoms with Crippen LogP contribution in [0.2, 0.25) is 0 Å². The lowest BCUT2D eigenvalue weighted by molar-refractivity contribution is 0.305. The van der Waals surface area contributed by atoms with Gasteiger partial charge >= 0.3 is 0 Å². The van der Waals surface area contributed by atoms with Crippen molar-refractivity contribution in [3.63, 3.8) is 0 Å². The van der Waals surface area contributed by atoms with Gasteiger partial charge in [-0.3, -0.25) is 9.82 Å². The van der Waals surface area contributed by atoms with Crippen molar-refractivity contribution >= 4 is 15.7 Å². The number of aromatic amines is 1. The minimum Gasteiger partial charge on any atom is -0.395 e. The molecule has 20 heavy (non-hydrogen) atoms. The molecule has 7 heteroatoms. The number of aliphatic hydroxyl groups is 1. The first-order valence-electron chi connectivity index (χ1n) is 5.84. The van der Waals surface area contributed by atoms with E-state index in [0.29, 0.717) is 17.7 Å². The normalized spacial score (nSPS) is 10.7. The van der Waals surface area contributed by atoms with E-state index in [1.807, 2.05) is 0 Å². The standard InChI is InChI=1S/C13H13N3O3S/c17-8-4-3-6-11-5-1-2-7-13(11)16-20(18,19)12-9-14-15-10-12/h1-2,5,7,9-10,16-17H,4,8H2,(H,14,15). The lowest BCUT2D eigenvalue weighted by atomic mass is 10.2. The number of hydrogen-bond donors (Lipinski definition) is 3. The van der Waals surface area contributed by atoms with Crippen molar-refractivity contribution in [3.05, 3.63) is 42.2 Å². The Morgan fingerprint density at radius 2 is 2.15 bits per heavy atom. The molecule has 0 saturated carbocycles. The zero-order valence-corrected chi connectivity index (χ0v) is 11.3. The number of rotatable bonds is 4. The first-order chi connectivity index (χ1) is 9.63. The molecule has 1 aromatic heterocycles. The van der Waals surface area contributed by atoms with Gasteiger partial charge in [0.05, 0.1) is 18.5 Å². The summed E-state index contributed by atoms with van der Waals surface area (Å²) in [6.45, 7) is -0.0318. The molecule has 1 aromatic carbocycles. The monoisotopic (exact) mass is 291 g/mol. The van der Waals surface area contributed by atoms with Gasteiger partial charge in [-0.25, -0.2) is 8.42 Å². The van der Waals surface area contributed by atoms with Gasteiger partial charge < -0.3 is 5.11 Å². The highest BCUT2D eigenvalue weighted by Gasteiger charge is 2.16. The molecule has 0 fully saturated rings. The third-order valence-corrected chi connectivity index (χ3v) is 3.75. The average Bonchev–Trinajstić information content (AvgIpc) is 2.95. The third kappa shape index (κ3) is 3.38. The summed E-state index contributed by atoms with van der Waals surface area (Å²) < 4.78 is 26.6. The largest absolute Gasteiger partial charge is 0.395 e. The summed E-state index contributed by atoms with van der Waals surface area (Å²) in [5.41, 5.74) is 0.937. The maximum absolute atomic E-state index is 12.1. The van der Waals surface area contributed by atoms with E-state index in [-0.39, 0.29) is 11.5 Å². The quantitative estimate of drug-likeness (QED) is 0.731. The number of nitrogens with one attached hydrogen (secondary N) is 2. The fourth-order valence-electron chi connectivity index (χ4n) is 1.48. The second-order valence-corrected chi connectivity index (χ2v) is 5.54. The van der Waals surface area contributed by atoms with Gasteiger partial charge in [-0.2, -0.15) is 5.10 Å². The third-order valence-electron chi connectivity index (χ3n) is 2.41. The topological polar surface area (TPSA) is 95.1 Å². The van der Waals surface area contributed by atoms with Crippen LogP contribution in [0, 0.1) is 11.8 Å². The van der Waals surface area contributed by atoms with E-state index < -0.39 is 10.0 Å². The number of H-pyrrole nitrogens is 1. The lowest BCUT2D eigenvalue weighted by Crippen LogP contribution is -2.13. The van der Waals surface area contributed by atoms with E-state index >= 15 is 0 Å². The first kappa shape index (κ1) is 14.1. The number of aliphatic hydroxyl groups excluding tert-OH is 1. The van der Waals surface area contributed by atoms with Gasteiger partial charge in [0.25, 0.3) is 10.0 Å². The first-order valence-corrected chi connectivity index (χ1v) is 7.32. The summed E-state index contributed by atoms with van der Waals surface area (Å²) in [4.78, 5) is 0.0515. The van der Waals surface area contributed by atoms with E-state index in [1.165, 1.54) is 12.4 Å². The van der Waals surface area contributed by atoms with Gasteiger partial charge in [-0.15, -0.1) is 0 Å². The Kier molecular flexibility index (Phi) is 4.40. The summed E-state index contributed by atoms with van der Waals surface area (Å²) >= 11 is 0. The number of aromatic nitrogens is 2. The molecule has 2 rings (SSSR count). The second kappa shape index (κ2) is 6.23. The number of para-hydroxylation sites is 1. The fraction of sp³-hybridized carbons (Fsp3) is 0.154. The average molecular weight is 291 g/mol. The SMILES string of the molecule is O=S(=O)(Nc1ccccc1C#CCCO)c1cn[nH]c1. The Morgan fingerprint density at radius 3 is 2.85 bits per heavy atom. The van der Waals surface area contributed by atoms with Gasteiger partial charge in [0, 0.05) is 18.2 Å². The molecule has 0 aliphatic heterocycles. The van der Waals surface area contributed by atoms with Crippen LogP contribution in [0.1, 0.15) is 12.0 Å². The van der Waals surface area contributed by atoms with Crippen molar-refractivity contribution in [3.8, 4) is 11.8 Å². The summed E-state index contributed by atoms with van der Waals surface area (Å²) in [5, 5.41) is 14.8. The minimum absolute atomic E-state index is 0.0318. The molecule has 0 amide bonds. The Labute approximate surface area is 116 Å². The zero-order valence-electron chi connectivity index (χ0n) is 10.5. The molecule has 0 bridgehead atoms. The number of sulfonamides is 1. The molecule has 0 spiro atoms. The van der Waals surface area contributed by atoms with Crippen molar-refractivity contribution in [2.75, 3.05) is 11.3 Å². The van der Waals surface area contributed by atoms with Crippen molar-refractivity contribution in [2.45, 2.75) is 11.3 Å². The summed E-state index contributed by atoms with van der Waals surface area (Å²) in [6.07, 6.45) is 2.85. The van der Waals surface area contributed by atoms with Crippen molar-refractivity contribution < 1.29 is 13.5 Å². The lowest BCUT2D eigenvalue weighted by Gasteiger charge is -2.07. The van der Waals surface area contributed by atoms with Crippen LogP contribution in [0.15, 0.2) is 41.6 Å². The molecule has 0 unspecified atom stereocenters. The molecule has 2 aromatic rings. The van der Waals surface area contributed by atoms with E-state index in [4.69, 9.17) is 5.11 Å². The molecule has 0 radical (unpaired) electrons. The van der Waals surface area contributed by atoms with Crippen LogP contribution >= 0.6 is 0 Å². The van der Waals surface area contributed by atoms with Gasteiger partial charge in [0.2, 0.25) is 0 Å². The highest BCUT2D eigenvalue weighted by atomic mass is 32.2. The van der Waals surface area contributed by atoms with E-state index in [1.54, 1.807) is 24.3 Å². The number of anilines is 1. The Balaban J connectivity index is 2.29. The Morgan fingerprint density at radius 1 is 1.35 bits per heavy atom. The molecule has 0 saturated heterocycles. The van der Waals surface area contributed by atoms with Crippen LogP contribution < -0.4 is 4.72 Å². The maximum Gasteiger partial charge on any atom is 0.265 e. The second-order valence-electron chi connectivity index (χ2n) is 3.86. The number of benzene rings is 1. The van der Waals surface area contributed by atoms with Crippen LogP contribution in [-0.4, -0.2) is 30.3 Å². The van der Waals surface area contributed by atoms with Crippen LogP contribution in [0.4, 0.5) is 5.69 Å². The highest BCUT2D eigenvalue weighted by Crippen LogP contribution is 2.18. The van der Waals surface area contributed by atoms with Crippen LogP contribution in [0.25, 0.3) is 0 Å². The molecular formula is C13H13N3O3S. The molecule has 3 N–H and O–H groups in total. The Hall–Kier alpha value is -2.30. The molecule has 0 aliphatic carbocycles. The smallest absolute Gasteiger partial charge is 0.265 e. The number of nitrogens with zero attached hydrogens (tertiary/aromatic N) is 1. The molecular weight excluding hydrogens is 278 g/mol. The Bertz CT molecular complexity index is 728. The number of hydrogen-bond acceptors (Lipinski definition) is 4. The van der Waals surface area contributed by atoms with E-state index in [9.17, 15) is 8.42 Å². The fourth-order valence-corrected chi connectivity index (χ4v) is 2.47. The van der Waals surface area contributed by atoms with Gasteiger partial charge in [0.15, 0.2) is 0 Å². The summed E-state index contributed by atoms with van der Waals surface area (Å²) in [6, 6.07) is 6.81. The molecule has 104 valence electrons. The molecule has 0 atom stereocenters. The predicted molar refractivity (Wildman–Crippen MR) is 74.4 cm³/mol. The van der Waals surface area contributed by atoms with Gasteiger partial charge in [0.1, 0.15) is 4.90 Å². The van der Waals surface area contributed by atoms with E-state index in [2.05, 4.69) is 26.8 Å². The zero-order chi connectivity index (χ0) is 14.4. The predicted octanol–water partition coefficient (Wildman–Crippen LogP) is 0.944. The van der Waals surface area contributed by atoms with Crippen LogP contribution in [-0.2, 0) is 10.0 Å². The minimum atomic E-state index is -3.68. The van der Waals surface area contributed by atoms with Crippen molar-refractivity contribution in [1.29, 1.82) is 0 Å². The molecule has 1 heterocycles. The van der Waals surface area contributed by atoms with Crippen LogP contribution in [0.3, 0.4) is 0 Å². The van der Waals surface area contributed by atoms with Crippen molar-refractivity contribution in [2.24, 2.45) is 0 Å². The van der Waals surface area contributed by atoms with E-state index in [0.717, 1.165) is 0 Å².